The SMILES string of the molecule is Nc1c(C(=O)Nc2cc(Br)ccc2Br)sc2cnccc12. The van der Waals surface area contributed by atoms with E-state index in [0.29, 0.717) is 16.3 Å². The van der Waals surface area contributed by atoms with E-state index in [4.69, 9.17) is 5.73 Å². The molecule has 0 aliphatic carbocycles. The number of aromatic nitrogens is 1. The van der Waals surface area contributed by atoms with Crippen molar-refractivity contribution in [3.8, 4) is 0 Å². The summed E-state index contributed by atoms with van der Waals surface area (Å²) in [6.07, 6.45) is 3.38. The summed E-state index contributed by atoms with van der Waals surface area (Å²) < 4.78 is 2.59. The Morgan fingerprint density at radius 3 is 2.86 bits per heavy atom. The number of thiophene rings is 1. The number of carbonyl (C=O) groups excluding carboxylic acids is 1. The maximum Gasteiger partial charge on any atom is 0.267 e. The predicted octanol–water partition coefficient (Wildman–Crippen LogP) is 4.66. The number of hydrogen-bond donors (Lipinski definition) is 2. The number of nitrogens with zero attached hydrogens (tertiary/aromatic N) is 1. The molecule has 0 spiro atoms. The van der Waals surface area contributed by atoms with Crippen molar-refractivity contribution in [3.05, 3.63) is 50.5 Å². The zero-order chi connectivity index (χ0) is 15.0. The van der Waals surface area contributed by atoms with Crippen molar-refractivity contribution in [1.82, 2.24) is 4.98 Å². The summed E-state index contributed by atoms with van der Waals surface area (Å²) in [5.41, 5.74) is 7.23. The number of carbonyl (C=O) groups is 1. The number of hydrogen-bond acceptors (Lipinski definition) is 4. The van der Waals surface area contributed by atoms with Crippen LogP contribution in [-0.2, 0) is 0 Å². The fourth-order valence-corrected chi connectivity index (χ4v) is 3.60. The van der Waals surface area contributed by atoms with Crippen LogP contribution in [-0.4, -0.2) is 10.9 Å². The maximum atomic E-state index is 12.4. The van der Waals surface area contributed by atoms with Crippen LogP contribution in [0.1, 0.15) is 9.67 Å². The van der Waals surface area contributed by atoms with Crippen molar-refractivity contribution in [2.75, 3.05) is 11.1 Å². The quantitative estimate of drug-likeness (QED) is 0.626. The minimum atomic E-state index is -0.229. The first-order valence-electron chi connectivity index (χ1n) is 5.94. The molecule has 0 saturated heterocycles. The van der Waals surface area contributed by atoms with Crippen LogP contribution >= 0.6 is 43.2 Å². The van der Waals surface area contributed by atoms with Gasteiger partial charge in [0, 0.05) is 26.7 Å². The van der Waals surface area contributed by atoms with Crippen LogP contribution in [0.15, 0.2) is 45.6 Å². The Balaban J connectivity index is 1.97. The monoisotopic (exact) mass is 425 g/mol. The fourth-order valence-electron chi connectivity index (χ4n) is 1.91. The van der Waals surface area contributed by atoms with Crippen LogP contribution in [0.25, 0.3) is 10.1 Å². The molecule has 1 aromatic carbocycles. The number of rotatable bonds is 2. The van der Waals surface area contributed by atoms with Gasteiger partial charge in [-0.2, -0.15) is 0 Å². The molecule has 3 aromatic rings. The summed E-state index contributed by atoms with van der Waals surface area (Å²) in [6, 6.07) is 7.39. The van der Waals surface area contributed by atoms with Crippen LogP contribution < -0.4 is 11.1 Å². The molecule has 0 fully saturated rings. The van der Waals surface area contributed by atoms with Gasteiger partial charge in [0.15, 0.2) is 0 Å². The molecular formula is C14H9Br2N3OS. The van der Waals surface area contributed by atoms with Gasteiger partial charge >= 0.3 is 0 Å². The van der Waals surface area contributed by atoms with E-state index in [9.17, 15) is 4.79 Å². The average Bonchev–Trinajstić information content (AvgIpc) is 2.81. The van der Waals surface area contributed by atoms with Gasteiger partial charge in [0.2, 0.25) is 0 Å². The maximum absolute atomic E-state index is 12.4. The summed E-state index contributed by atoms with van der Waals surface area (Å²) in [4.78, 5) is 17.0. The zero-order valence-electron chi connectivity index (χ0n) is 10.6. The van der Waals surface area contributed by atoms with E-state index in [0.717, 1.165) is 19.0 Å². The second-order valence-electron chi connectivity index (χ2n) is 4.29. The van der Waals surface area contributed by atoms with Gasteiger partial charge in [-0.05, 0) is 40.2 Å². The normalized spacial score (nSPS) is 10.8. The summed E-state index contributed by atoms with van der Waals surface area (Å²) in [6.45, 7) is 0. The van der Waals surface area contributed by atoms with Crippen LogP contribution in [0.3, 0.4) is 0 Å². The topological polar surface area (TPSA) is 68.0 Å². The Hall–Kier alpha value is -1.44. The van der Waals surface area contributed by atoms with Crippen LogP contribution in [0, 0.1) is 0 Å². The average molecular weight is 427 g/mol. The van der Waals surface area contributed by atoms with Crippen molar-refractivity contribution in [1.29, 1.82) is 0 Å². The number of anilines is 2. The summed E-state index contributed by atoms with van der Waals surface area (Å²) >= 11 is 8.13. The molecule has 2 aromatic heterocycles. The minimum Gasteiger partial charge on any atom is -0.397 e. The second kappa shape index (κ2) is 5.75. The zero-order valence-corrected chi connectivity index (χ0v) is 14.5. The van der Waals surface area contributed by atoms with E-state index in [-0.39, 0.29) is 5.91 Å². The number of halogens is 2. The lowest BCUT2D eigenvalue weighted by atomic mass is 10.2. The number of nitrogens with one attached hydrogen (secondary N) is 1. The standard InChI is InChI=1S/C14H9Br2N3OS/c15-7-1-2-9(16)10(5-7)19-14(20)13-12(17)8-3-4-18-6-11(8)21-13/h1-6H,17H2,(H,19,20). The third-order valence-corrected chi connectivity index (χ3v) is 5.25. The highest BCUT2D eigenvalue weighted by Gasteiger charge is 2.17. The third-order valence-electron chi connectivity index (χ3n) is 2.91. The smallest absolute Gasteiger partial charge is 0.267 e. The molecule has 0 bridgehead atoms. The molecule has 0 radical (unpaired) electrons. The van der Waals surface area contributed by atoms with Gasteiger partial charge in [0.25, 0.3) is 5.91 Å². The van der Waals surface area contributed by atoms with E-state index in [1.807, 2.05) is 24.3 Å². The van der Waals surface area contributed by atoms with E-state index >= 15 is 0 Å². The van der Waals surface area contributed by atoms with Gasteiger partial charge in [-0.15, -0.1) is 11.3 Å². The van der Waals surface area contributed by atoms with E-state index in [2.05, 4.69) is 42.2 Å². The molecule has 0 unspecified atom stereocenters. The Kier molecular flexibility index (Phi) is 3.97. The lowest BCUT2D eigenvalue weighted by Gasteiger charge is -2.07. The Labute approximate surface area is 141 Å². The van der Waals surface area contributed by atoms with Crippen molar-refractivity contribution in [2.24, 2.45) is 0 Å². The van der Waals surface area contributed by atoms with E-state index in [1.165, 1.54) is 11.3 Å². The first-order chi connectivity index (χ1) is 10.1. The molecule has 0 atom stereocenters. The summed E-state index contributed by atoms with van der Waals surface area (Å²) in [7, 11) is 0. The molecule has 1 amide bonds. The molecule has 21 heavy (non-hydrogen) atoms. The predicted molar refractivity (Wildman–Crippen MR) is 93.8 cm³/mol. The van der Waals surface area contributed by atoms with Gasteiger partial charge in [-0.25, -0.2) is 0 Å². The minimum absolute atomic E-state index is 0.229. The molecule has 2 heterocycles. The molecule has 0 aliphatic rings. The highest BCUT2D eigenvalue weighted by molar-refractivity contribution is 9.11. The molecule has 0 aliphatic heterocycles. The highest BCUT2D eigenvalue weighted by atomic mass is 79.9. The van der Waals surface area contributed by atoms with Crippen LogP contribution in [0.5, 0.6) is 0 Å². The summed E-state index contributed by atoms with van der Waals surface area (Å²) in [5.74, 6) is -0.229. The number of nitrogen functional groups attached to an aromatic ring is 1. The summed E-state index contributed by atoms with van der Waals surface area (Å²) in [5, 5.41) is 3.72. The van der Waals surface area contributed by atoms with Gasteiger partial charge < -0.3 is 11.1 Å². The van der Waals surface area contributed by atoms with Crippen molar-refractivity contribution >= 4 is 70.6 Å². The van der Waals surface area contributed by atoms with Gasteiger partial charge in [-0.1, -0.05) is 15.9 Å². The molecular weight excluding hydrogens is 418 g/mol. The molecule has 0 saturated carbocycles. The Bertz CT molecular complexity index is 847. The van der Waals surface area contributed by atoms with Gasteiger partial charge in [0.1, 0.15) is 4.88 Å². The lowest BCUT2D eigenvalue weighted by molar-refractivity contribution is 0.103. The van der Waals surface area contributed by atoms with Crippen LogP contribution in [0.2, 0.25) is 0 Å². The van der Waals surface area contributed by atoms with Crippen molar-refractivity contribution in [3.63, 3.8) is 0 Å². The number of benzene rings is 1. The second-order valence-corrected chi connectivity index (χ2v) is 7.12. The fraction of sp³-hybridized carbons (Fsp3) is 0. The third kappa shape index (κ3) is 2.81. The number of fused-ring (bicyclic) bond motifs is 1. The number of amides is 1. The van der Waals surface area contributed by atoms with E-state index in [1.54, 1.807) is 12.4 Å². The number of nitrogens with two attached hydrogens (primary N) is 1. The molecule has 3 N–H and O–H groups in total. The van der Waals surface area contributed by atoms with Crippen molar-refractivity contribution < 1.29 is 4.79 Å². The Morgan fingerprint density at radius 2 is 2.10 bits per heavy atom. The molecule has 7 heteroatoms. The van der Waals surface area contributed by atoms with Crippen molar-refractivity contribution in [2.45, 2.75) is 0 Å². The first-order valence-corrected chi connectivity index (χ1v) is 8.35. The molecule has 106 valence electrons. The molecule has 4 nitrogen and oxygen atoms in total. The Morgan fingerprint density at radius 1 is 1.29 bits per heavy atom. The number of pyridine rings is 1. The highest BCUT2D eigenvalue weighted by Crippen LogP contribution is 2.34. The van der Waals surface area contributed by atoms with Crippen LogP contribution in [0.4, 0.5) is 11.4 Å². The molecule has 3 rings (SSSR count). The van der Waals surface area contributed by atoms with E-state index < -0.39 is 0 Å². The largest absolute Gasteiger partial charge is 0.397 e. The lowest BCUT2D eigenvalue weighted by Crippen LogP contribution is -2.12. The van der Waals surface area contributed by atoms with Gasteiger partial charge in [0.05, 0.1) is 16.1 Å². The first kappa shape index (κ1) is 14.5. The van der Waals surface area contributed by atoms with Gasteiger partial charge in [-0.3, -0.25) is 9.78 Å².